The molecule has 0 bridgehead atoms. The van der Waals surface area contributed by atoms with Crippen molar-refractivity contribution in [3.63, 3.8) is 0 Å². The molecule has 0 fully saturated rings. The van der Waals surface area contributed by atoms with E-state index >= 15 is 0 Å². The summed E-state index contributed by atoms with van der Waals surface area (Å²) in [4.78, 5) is 10.1. The molecule has 0 aromatic heterocycles. The number of nitro groups is 1. The highest BCUT2D eigenvalue weighted by Gasteiger charge is 2.17. The number of nitrogens with zero attached hydrogens (tertiary/aromatic N) is 1. The third-order valence-electron chi connectivity index (χ3n) is 2.00. The maximum absolute atomic E-state index is 10.7. The van der Waals surface area contributed by atoms with Gasteiger partial charge in [0.05, 0.1) is 28.2 Å². The van der Waals surface area contributed by atoms with Crippen LogP contribution < -0.4 is 5.32 Å². The van der Waals surface area contributed by atoms with Gasteiger partial charge in [-0.1, -0.05) is 0 Å². The van der Waals surface area contributed by atoms with E-state index in [1.807, 2.05) is 0 Å². The Morgan fingerprint density at radius 1 is 1.53 bits per heavy atom. The number of halogens is 1. The summed E-state index contributed by atoms with van der Waals surface area (Å²) in [7, 11) is 0. The van der Waals surface area contributed by atoms with Gasteiger partial charge in [-0.25, -0.2) is 0 Å². The summed E-state index contributed by atoms with van der Waals surface area (Å²) in [5.74, 6) is -0.245. The molecule has 1 aromatic rings. The largest absolute Gasteiger partial charge is 0.507 e. The molecule has 8 heteroatoms. The van der Waals surface area contributed by atoms with Crippen LogP contribution in [0, 0.1) is 10.1 Å². The summed E-state index contributed by atoms with van der Waals surface area (Å²) in [6.07, 6.45) is -1.01. The zero-order chi connectivity index (χ0) is 13.0. The van der Waals surface area contributed by atoms with Crippen molar-refractivity contribution >= 4 is 27.3 Å². The first-order valence-corrected chi connectivity index (χ1v) is 5.44. The van der Waals surface area contributed by atoms with E-state index in [1.54, 1.807) is 0 Å². The van der Waals surface area contributed by atoms with E-state index in [1.165, 1.54) is 6.07 Å². The molecule has 4 N–H and O–H groups in total. The lowest BCUT2D eigenvalue weighted by atomic mass is 10.2. The quantitative estimate of drug-likeness (QED) is 0.364. The zero-order valence-corrected chi connectivity index (χ0v) is 10.2. The molecule has 17 heavy (non-hydrogen) atoms. The van der Waals surface area contributed by atoms with Crippen LogP contribution in [0.1, 0.15) is 0 Å². The molecule has 0 saturated heterocycles. The number of benzene rings is 1. The highest BCUT2D eigenvalue weighted by Crippen LogP contribution is 2.35. The van der Waals surface area contributed by atoms with Crippen LogP contribution in [0.25, 0.3) is 0 Å². The van der Waals surface area contributed by atoms with E-state index < -0.39 is 17.6 Å². The lowest BCUT2D eigenvalue weighted by molar-refractivity contribution is -0.384. The molecule has 1 rings (SSSR count). The molecule has 0 saturated carbocycles. The van der Waals surface area contributed by atoms with Crippen LogP contribution in [0.15, 0.2) is 16.6 Å². The van der Waals surface area contributed by atoms with Crippen molar-refractivity contribution in [2.75, 3.05) is 18.5 Å². The van der Waals surface area contributed by atoms with Crippen LogP contribution in [-0.2, 0) is 0 Å². The van der Waals surface area contributed by atoms with Crippen LogP contribution in [-0.4, -0.2) is 39.5 Å². The van der Waals surface area contributed by atoms with Crippen molar-refractivity contribution in [1.29, 1.82) is 0 Å². The lowest BCUT2D eigenvalue weighted by Gasteiger charge is -2.11. The molecule has 1 unspecified atom stereocenters. The fourth-order valence-corrected chi connectivity index (χ4v) is 1.48. The number of rotatable bonds is 5. The number of hydrogen-bond acceptors (Lipinski definition) is 6. The van der Waals surface area contributed by atoms with Crippen LogP contribution in [0.5, 0.6) is 5.75 Å². The Balaban J connectivity index is 2.96. The van der Waals surface area contributed by atoms with Crippen molar-refractivity contribution < 1.29 is 20.2 Å². The Morgan fingerprint density at radius 3 is 2.71 bits per heavy atom. The van der Waals surface area contributed by atoms with Crippen LogP contribution in [0.4, 0.5) is 11.4 Å². The minimum absolute atomic E-state index is 0.0332. The van der Waals surface area contributed by atoms with E-state index in [4.69, 9.17) is 10.2 Å². The summed E-state index contributed by atoms with van der Waals surface area (Å²) in [6.45, 7) is -0.478. The number of phenolic OH excluding ortho intramolecular Hbond substituents is 1. The van der Waals surface area contributed by atoms with Gasteiger partial charge in [-0.05, 0) is 22.0 Å². The summed E-state index contributed by atoms with van der Waals surface area (Å²) in [6, 6.07) is 2.33. The zero-order valence-electron chi connectivity index (χ0n) is 8.63. The Kier molecular flexibility index (Phi) is 4.67. The predicted octanol–water partition coefficient (Wildman–Crippen LogP) is 0.828. The molecule has 0 amide bonds. The van der Waals surface area contributed by atoms with Gasteiger partial charge >= 0.3 is 0 Å². The number of aliphatic hydroxyl groups is 2. The number of nitro benzene ring substituents is 1. The fourth-order valence-electron chi connectivity index (χ4n) is 1.14. The molecule has 7 nitrogen and oxygen atoms in total. The Morgan fingerprint density at radius 2 is 2.18 bits per heavy atom. The molecular weight excluding hydrogens is 296 g/mol. The van der Waals surface area contributed by atoms with Gasteiger partial charge in [-0.2, -0.15) is 0 Å². The van der Waals surface area contributed by atoms with Gasteiger partial charge < -0.3 is 20.6 Å². The minimum atomic E-state index is -1.01. The number of phenols is 1. The molecule has 0 aliphatic rings. The molecule has 0 radical (unpaired) electrons. The topological polar surface area (TPSA) is 116 Å². The Bertz CT molecular complexity index is 426. The summed E-state index contributed by atoms with van der Waals surface area (Å²) in [5, 5.41) is 40.4. The highest BCUT2D eigenvalue weighted by molar-refractivity contribution is 9.10. The standard InChI is InChI=1S/C9H11BrN2O5/c10-6-1-7(11-3-5(14)4-13)8(12(16)17)2-9(6)15/h1-2,5,11,13-15H,3-4H2. The van der Waals surface area contributed by atoms with Crippen LogP contribution in [0.3, 0.4) is 0 Å². The van der Waals surface area contributed by atoms with Gasteiger partial charge in [-0.3, -0.25) is 10.1 Å². The van der Waals surface area contributed by atoms with E-state index in [0.29, 0.717) is 4.47 Å². The van der Waals surface area contributed by atoms with Gasteiger partial charge in [0, 0.05) is 6.54 Å². The van der Waals surface area contributed by atoms with Crippen molar-refractivity contribution in [2.45, 2.75) is 6.10 Å². The molecule has 1 aromatic carbocycles. The fraction of sp³-hybridized carbons (Fsp3) is 0.333. The lowest BCUT2D eigenvalue weighted by Crippen LogP contribution is -2.23. The summed E-state index contributed by atoms with van der Waals surface area (Å²) >= 11 is 3.03. The summed E-state index contributed by atoms with van der Waals surface area (Å²) in [5.41, 5.74) is -0.164. The highest BCUT2D eigenvalue weighted by atomic mass is 79.9. The van der Waals surface area contributed by atoms with Crippen molar-refractivity contribution in [2.24, 2.45) is 0 Å². The van der Waals surface area contributed by atoms with Crippen LogP contribution in [0.2, 0.25) is 0 Å². The first-order valence-electron chi connectivity index (χ1n) is 4.65. The summed E-state index contributed by atoms with van der Waals surface area (Å²) < 4.78 is 0.295. The average molecular weight is 307 g/mol. The second-order valence-electron chi connectivity index (χ2n) is 3.30. The smallest absolute Gasteiger partial charge is 0.296 e. The molecule has 0 heterocycles. The third kappa shape index (κ3) is 3.55. The van der Waals surface area contributed by atoms with Crippen molar-refractivity contribution in [3.8, 4) is 5.75 Å². The number of hydrogen-bond donors (Lipinski definition) is 4. The Hall–Kier alpha value is -1.38. The third-order valence-corrected chi connectivity index (χ3v) is 2.64. The molecule has 94 valence electrons. The SMILES string of the molecule is O=[N+]([O-])c1cc(O)c(Br)cc1NCC(O)CO. The van der Waals surface area contributed by atoms with Gasteiger partial charge in [0.1, 0.15) is 11.4 Å². The van der Waals surface area contributed by atoms with E-state index in [9.17, 15) is 15.2 Å². The monoisotopic (exact) mass is 306 g/mol. The maximum Gasteiger partial charge on any atom is 0.296 e. The Labute approximate surface area is 105 Å². The average Bonchev–Trinajstić information content (AvgIpc) is 2.29. The first-order chi connectivity index (χ1) is 7.95. The number of nitrogens with one attached hydrogen (secondary N) is 1. The van der Waals surface area contributed by atoms with Crippen LogP contribution >= 0.6 is 15.9 Å². The second-order valence-corrected chi connectivity index (χ2v) is 4.15. The predicted molar refractivity (Wildman–Crippen MR) is 64.0 cm³/mol. The molecule has 0 aliphatic heterocycles. The first kappa shape index (κ1) is 13.7. The molecule has 0 spiro atoms. The second kappa shape index (κ2) is 5.80. The number of aromatic hydroxyl groups is 1. The van der Waals surface area contributed by atoms with Gasteiger partial charge in [-0.15, -0.1) is 0 Å². The van der Waals surface area contributed by atoms with Gasteiger partial charge in [0.25, 0.3) is 5.69 Å². The van der Waals surface area contributed by atoms with Crippen molar-refractivity contribution in [1.82, 2.24) is 0 Å². The van der Waals surface area contributed by atoms with E-state index in [0.717, 1.165) is 6.07 Å². The number of anilines is 1. The normalized spacial score (nSPS) is 12.2. The molecular formula is C9H11BrN2O5. The van der Waals surface area contributed by atoms with Crippen molar-refractivity contribution in [3.05, 3.63) is 26.7 Å². The maximum atomic E-state index is 10.7. The van der Waals surface area contributed by atoms with E-state index in [2.05, 4.69) is 21.2 Å². The molecule has 1 atom stereocenters. The number of aliphatic hydroxyl groups excluding tert-OH is 2. The van der Waals surface area contributed by atoms with Gasteiger partial charge in [0.15, 0.2) is 0 Å². The van der Waals surface area contributed by atoms with Gasteiger partial charge in [0.2, 0.25) is 0 Å². The minimum Gasteiger partial charge on any atom is -0.507 e. The van der Waals surface area contributed by atoms with E-state index in [-0.39, 0.29) is 23.7 Å². The molecule has 0 aliphatic carbocycles.